The Labute approximate surface area is 144 Å². The molecule has 1 aliphatic heterocycles. The van der Waals surface area contributed by atoms with Gasteiger partial charge < -0.3 is 14.2 Å². The van der Waals surface area contributed by atoms with E-state index >= 15 is 0 Å². The van der Waals surface area contributed by atoms with Crippen LogP contribution >= 0.6 is 11.6 Å². The summed E-state index contributed by atoms with van der Waals surface area (Å²) in [6.07, 6.45) is 0.693. The van der Waals surface area contributed by atoms with Gasteiger partial charge in [0.05, 0.1) is 0 Å². The van der Waals surface area contributed by atoms with Crippen molar-refractivity contribution in [3.63, 3.8) is 0 Å². The molecule has 2 aromatic rings. The maximum atomic E-state index is 11.9. The fourth-order valence-electron chi connectivity index (χ4n) is 2.28. The molecule has 0 unspecified atom stereocenters. The fraction of sp³-hybridized carbons (Fsp3) is 0.222. The highest BCUT2D eigenvalue weighted by Gasteiger charge is 2.14. The normalized spacial score (nSPS) is 12.0. The molecular weight excluding hydrogens is 332 g/mol. The van der Waals surface area contributed by atoms with Gasteiger partial charge in [-0.3, -0.25) is 9.59 Å². The number of hydrogen-bond donors (Lipinski definition) is 0. The van der Waals surface area contributed by atoms with Crippen molar-refractivity contribution in [1.29, 1.82) is 0 Å². The molecule has 3 rings (SSSR count). The number of rotatable bonds is 6. The Hall–Kier alpha value is -2.53. The van der Waals surface area contributed by atoms with Crippen LogP contribution < -0.4 is 9.47 Å². The van der Waals surface area contributed by atoms with E-state index < -0.39 is 5.97 Å². The van der Waals surface area contributed by atoms with E-state index in [9.17, 15) is 9.59 Å². The van der Waals surface area contributed by atoms with Crippen molar-refractivity contribution in [3.05, 3.63) is 58.6 Å². The van der Waals surface area contributed by atoms with Crippen LogP contribution in [0.25, 0.3) is 0 Å². The molecule has 0 fully saturated rings. The summed E-state index contributed by atoms with van der Waals surface area (Å²) in [5.41, 5.74) is 1.41. The van der Waals surface area contributed by atoms with Gasteiger partial charge in [0, 0.05) is 17.0 Å². The predicted molar refractivity (Wildman–Crippen MR) is 87.6 cm³/mol. The standard InChI is InChI=1S/C18H15ClO5/c19-14-5-3-13(4-6-14)15(20)10-22-18(21)8-2-12-1-7-16-17(9-12)24-11-23-16/h1,3-7,9H,2,8,10-11H2. The first-order valence-corrected chi connectivity index (χ1v) is 7.82. The fourth-order valence-corrected chi connectivity index (χ4v) is 2.41. The third-order valence-electron chi connectivity index (χ3n) is 3.59. The molecule has 1 heterocycles. The number of Topliss-reactive ketones (excluding diaryl/α,β-unsaturated/α-hetero) is 1. The molecule has 24 heavy (non-hydrogen) atoms. The van der Waals surface area contributed by atoms with Gasteiger partial charge in [0.1, 0.15) is 0 Å². The SMILES string of the molecule is O=C(CCc1ccc2c(c1)OCO2)OCC(=O)c1ccc(Cl)cc1. The first-order valence-electron chi connectivity index (χ1n) is 7.45. The highest BCUT2D eigenvalue weighted by molar-refractivity contribution is 6.30. The number of aryl methyl sites for hydroxylation is 1. The van der Waals surface area contributed by atoms with Crippen LogP contribution in [-0.4, -0.2) is 25.2 Å². The van der Waals surface area contributed by atoms with Crippen LogP contribution in [0.1, 0.15) is 22.3 Å². The number of benzene rings is 2. The van der Waals surface area contributed by atoms with Crippen LogP contribution in [0.5, 0.6) is 11.5 Å². The zero-order valence-electron chi connectivity index (χ0n) is 12.8. The van der Waals surface area contributed by atoms with Crippen molar-refractivity contribution in [1.82, 2.24) is 0 Å². The van der Waals surface area contributed by atoms with Gasteiger partial charge in [-0.15, -0.1) is 0 Å². The monoisotopic (exact) mass is 346 g/mol. The summed E-state index contributed by atoms with van der Waals surface area (Å²) in [5.74, 6) is 0.701. The Morgan fingerprint density at radius 2 is 1.79 bits per heavy atom. The minimum absolute atomic E-state index is 0.188. The minimum atomic E-state index is -0.421. The number of carbonyl (C=O) groups excluding carboxylic acids is 2. The number of fused-ring (bicyclic) bond motifs is 1. The zero-order chi connectivity index (χ0) is 16.9. The zero-order valence-corrected chi connectivity index (χ0v) is 13.5. The second-order valence-corrected chi connectivity index (χ2v) is 5.71. The van der Waals surface area contributed by atoms with Crippen molar-refractivity contribution < 1.29 is 23.8 Å². The smallest absolute Gasteiger partial charge is 0.306 e. The molecule has 5 nitrogen and oxygen atoms in total. The Morgan fingerprint density at radius 3 is 2.58 bits per heavy atom. The number of ketones is 1. The van der Waals surface area contributed by atoms with E-state index in [1.165, 1.54) is 0 Å². The van der Waals surface area contributed by atoms with Gasteiger partial charge >= 0.3 is 5.97 Å². The number of esters is 1. The number of halogens is 1. The summed E-state index contributed by atoms with van der Waals surface area (Å²) < 4.78 is 15.5. The van der Waals surface area contributed by atoms with Crippen LogP contribution in [0.4, 0.5) is 0 Å². The lowest BCUT2D eigenvalue weighted by molar-refractivity contribution is -0.142. The molecule has 0 bridgehead atoms. The van der Waals surface area contributed by atoms with E-state index in [0.29, 0.717) is 28.5 Å². The van der Waals surface area contributed by atoms with E-state index in [0.717, 1.165) is 5.56 Å². The average Bonchev–Trinajstić information content (AvgIpc) is 3.06. The summed E-state index contributed by atoms with van der Waals surface area (Å²) in [5, 5.41) is 0.548. The van der Waals surface area contributed by atoms with Gasteiger partial charge in [0.15, 0.2) is 23.9 Å². The van der Waals surface area contributed by atoms with Crippen LogP contribution in [0, 0.1) is 0 Å². The molecule has 0 N–H and O–H groups in total. The van der Waals surface area contributed by atoms with Gasteiger partial charge in [-0.2, -0.15) is 0 Å². The molecule has 0 aromatic heterocycles. The second kappa shape index (κ2) is 7.36. The summed E-state index contributed by atoms with van der Waals surface area (Å²) >= 11 is 5.77. The topological polar surface area (TPSA) is 61.8 Å². The third-order valence-corrected chi connectivity index (χ3v) is 3.84. The van der Waals surface area contributed by atoms with Gasteiger partial charge in [0.25, 0.3) is 0 Å². The Balaban J connectivity index is 1.46. The van der Waals surface area contributed by atoms with Gasteiger partial charge in [-0.1, -0.05) is 17.7 Å². The summed E-state index contributed by atoms with van der Waals surface area (Å²) in [6, 6.07) is 12.0. The number of carbonyl (C=O) groups is 2. The molecule has 0 radical (unpaired) electrons. The second-order valence-electron chi connectivity index (χ2n) is 5.28. The third kappa shape index (κ3) is 4.06. The maximum absolute atomic E-state index is 11.9. The van der Waals surface area contributed by atoms with Crippen molar-refractivity contribution in [2.75, 3.05) is 13.4 Å². The Kier molecular flexibility index (Phi) is 5.01. The van der Waals surface area contributed by atoms with Crippen molar-refractivity contribution >= 4 is 23.4 Å². The molecule has 0 aliphatic carbocycles. The van der Waals surface area contributed by atoms with E-state index in [1.54, 1.807) is 24.3 Å². The first kappa shape index (κ1) is 16.3. The number of ether oxygens (including phenoxy) is 3. The molecule has 6 heteroatoms. The van der Waals surface area contributed by atoms with E-state index in [4.69, 9.17) is 25.8 Å². The Bertz CT molecular complexity index is 755. The van der Waals surface area contributed by atoms with Crippen LogP contribution in [0.15, 0.2) is 42.5 Å². The lowest BCUT2D eigenvalue weighted by Crippen LogP contribution is -2.14. The van der Waals surface area contributed by atoms with Crippen molar-refractivity contribution in [2.45, 2.75) is 12.8 Å². The Morgan fingerprint density at radius 1 is 1.04 bits per heavy atom. The van der Waals surface area contributed by atoms with Gasteiger partial charge in [-0.05, 0) is 48.4 Å². The average molecular weight is 347 g/mol. The van der Waals surface area contributed by atoms with Crippen molar-refractivity contribution in [2.24, 2.45) is 0 Å². The molecule has 0 atom stereocenters. The molecule has 2 aromatic carbocycles. The summed E-state index contributed by atoms with van der Waals surface area (Å²) in [6.45, 7) is -0.0603. The lowest BCUT2D eigenvalue weighted by atomic mass is 10.1. The molecule has 0 spiro atoms. The van der Waals surface area contributed by atoms with Gasteiger partial charge in [0.2, 0.25) is 6.79 Å². The molecule has 124 valence electrons. The summed E-state index contributed by atoms with van der Waals surface area (Å²) in [4.78, 5) is 23.7. The van der Waals surface area contributed by atoms with Crippen LogP contribution in [0.2, 0.25) is 5.02 Å². The maximum Gasteiger partial charge on any atom is 0.306 e. The molecule has 0 saturated carbocycles. The molecular formula is C18H15ClO5. The van der Waals surface area contributed by atoms with Gasteiger partial charge in [-0.25, -0.2) is 0 Å². The largest absolute Gasteiger partial charge is 0.457 e. The quantitative estimate of drug-likeness (QED) is 0.592. The highest BCUT2D eigenvalue weighted by Crippen LogP contribution is 2.32. The van der Waals surface area contributed by atoms with E-state index in [2.05, 4.69) is 0 Å². The first-order chi connectivity index (χ1) is 11.6. The minimum Gasteiger partial charge on any atom is -0.457 e. The van der Waals surface area contributed by atoms with Crippen molar-refractivity contribution in [3.8, 4) is 11.5 Å². The van der Waals surface area contributed by atoms with Crippen LogP contribution in [-0.2, 0) is 16.0 Å². The highest BCUT2D eigenvalue weighted by atomic mass is 35.5. The lowest BCUT2D eigenvalue weighted by Gasteiger charge is -2.05. The van der Waals surface area contributed by atoms with E-state index in [1.807, 2.05) is 18.2 Å². The van der Waals surface area contributed by atoms with E-state index in [-0.39, 0.29) is 25.6 Å². The molecule has 0 amide bonds. The van der Waals surface area contributed by atoms with Crippen LogP contribution in [0.3, 0.4) is 0 Å². The summed E-state index contributed by atoms with van der Waals surface area (Å²) in [7, 11) is 0. The predicted octanol–water partition coefficient (Wildman–Crippen LogP) is 3.43. The molecule has 1 aliphatic rings. The molecule has 0 saturated heterocycles. The number of hydrogen-bond acceptors (Lipinski definition) is 5.